The Balaban J connectivity index is 1.38. The van der Waals surface area contributed by atoms with Crippen LogP contribution in [-0.4, -0.2) is 28.9 Å². The summed E-state index contributed by atoms with van der Waals surface area (Å²) in [6.45, 7) is 5.28. The van der Waals surface area contributed by atoms with Crippen LogP contribution >= 0.6 is 0 Å². The molecule has 0 heterocycles. The van der Waals surface area contributed by atoms with Crippen molar-refractivity contribution in [2.24, 2.45) is 0 Å². The van der Waals surface area contributed by atoms with Crippen LogP contribution in [0.25, 0.3) is 11.1 Å². The van der Waals surface area contributed by atoms with Gasteiger partial charge in [-0.05, 0) is 72.7 Å². The fraction of sp³-hybridized carbons (Fsp3) is 0.250. The summed E-state index contributed by atoms with van der Waals surface area (Å²) in [5, 5.41) is 14.7. The lowest BCUT2D eigenvalue weighted by Crippen LogP contribution is -2.34. The zero-order chi connectivity index (χ0) is 25.9. The van der Waals surface area contributed by atoms with E-state index in [1.54, 1.807) is 20.8 Å². The van der Waals surface area contributed by atoms with Crippen LogP contribution < -0.4 is 10.6 Å². The molecular formula is C28H28N2O6. The second-order valence-corrected chi connectivity index (χ2v) is 9.52. The summed E-state index contributed by atoms with van der Waals surface area (Å²) in [4.78, 5) is 36.3. The Hall–Kier alpha value is -4.33. The maximum atomic E-state index is 12.5. The van der Waals surface area contributed by atoms with Gasteiger partial charge in [-0.1, -0.05) is 54.6 Å². The van der Waals surface area contributed by atoms with Gasteiger partial charge in [0.25, 0.3) is 0 Å². The van der Waals surface area contributed by atoms with Crippen LogP contribution in [0, 0.1) is 0 Å². The lowest BCUT2D eigenvalue weighted by Gasteiger charge is -2.20. The Morgan fingerprint density at radius 1 is 0.917 bits per heavy atom. The molecule has 3 N–H and O–H groups in total. The Kier molecular flexibility index (Phi) is 6.96. The first-order valence-corrected chi connectivity index (χ1v) is 11.6. The Bertz CT molecular complexity index is 1290. The summed E-state index contributed by atoms with van der Waals surface area (Å²) < 4.78 is 10.6. The second-order valence-electron chi connectivity index (χ2n) is 9.52. The number of amides is 2. The number of hydrogen-bond donors (Lipinski definition) is 3. The van der Waals surface area contributed by atoms with E-state index >= 15 is 0 Å². The number of carboxylic acids is 1. The molecule has 3 aromatic rings. The summed E-state index contributed by atoms with van der Waals surface area (Å²) in [7, 11) is 0. The van der Waals surface area contributed by atoms with E-state index in [4.69, 9.17) is 9.47 Å². The Morgan fingerprint density at radius 3 is 2.31 bits per heavy atom. The molecule has 0 aliphatic heterocycles. The lowest BCUT2D eigenvalue weighted by atomic mass is 10.0. The molecule has 0 spiro atoms. The summed E-state index contributed by atoms with van der Waals surface area (Å²) in [6.07, 6.45) is -0.706. The number of rotatable bonds is 6. The van der Waals surface area contributed by atoms with E-state index < -0.39 is 29.8 Å². The molecule has 1 aliphatic carbocycles. The predicted molar refractivity (Wildman–Crippen MR) is 135 cm³/mol. The number of alkyl carbamates (subject to hydrolysis) is 1. The first-order chi connectivity index (χ1) is 17.1. The van der Waals surface area contributed by atoms with Gasteiger partial charge in [0.15, 0.2) is 6.04 Å². The molecule has 0 saturated heterocycles. The molecule has 0 aromatic heterocycles. The van der Waals surface area contributed by atoms with Crippen molar-refractivity contribution in [2.45, 2.75) is 45.4 Å². The minimum Gasteiger partial charge on any atom is -0.479 e. The third-order valence-electron chi connectivity index (χ3n) is 5.71. The lowest BCUT2D eigenvalue weighted by molar-refractivity contribution is -0.139. The SMILES string of the molecule is CC(C)(C)OC(=O)Nc1ccc([C@@H](NC(=O)OCc2cccc3c2Cc2ccccc2-3)C(=O)O)cc1. The van der Waals surface area contributed by atoms with Crippen LogP contribution in [0.1, 0.15) is 49.1 Å². The van der Waals surface area contributed by atoms with Crippen molar-refractivity contribution in [3.8, 4) is 11.1 Å². The fourth-order valence-electron chi connectivity index (χ4n) is 4.13. The number of nitrogens with one attached hydrogen (secondary N) is 2. The van der Waals surface area contributed by atoms with Gasteiger partial charge >= 0.3 is 18.2 Å². The Labute approximate surface area is 209 Å². The van der Waals surface area contributed by atoms with Crippen molar-refractivity contribution in [3.05, 3.63) is 89.0 Å². The molecule has 3 aromatic carbocycles. The predicted octanol–water partition coefficient (Wildman–Crippen LogP) is 5.66. The van der Waals surface area contributed by atoms with E-state index in [1.807, 2.05) is 30.3 Å². The highest BCUT2D eigenvalue weighted by Crippen LogP contribution is 2.38. The van der Waals surface area contributed by atoms with E-state index in [-0.39, 0.29) is 6.61 Å². The quantitative estimate of drug-likeness (QED) is 0.323. The fourth-order valence-corrected chi connectivity index (χ4v) is 4.13. The van der Waals surface area contributed by atoms with Crippen LogP contribution in [0.3, 0.4) is 0 Å². The number of hydrogen-bond acceptors (Lipinski definition) is 5. The smallest absolute Gasteiger partial charge is 0.412 e. The molecule has 36 heavy (non-hydrogen) atoms. The number of carboxylic acid groups (broad SMARTS) is 1. The van der Waals surface area contributed by atoms with Crippen LogP contribution in [0.4, 0.5) is 15.3 Å². The summed E-state index contributed by atoms with van der Waals surface area (Å²) in [6, 6.07) is 18.8. The highest BCUT2D eigenvalue weighted by atomic mass is 16.6. The van der Waals surface area contributed by atoms with E-state index in [2.05, 4.69) is 22.8 Å². The normalized spacial score (nSPS) is 12.6. The van der Waals surface area contributed by atoms with Crippen LogP contribution in [0.5, 0.6) is 0 Å². The molecule has 0 fully saturated rings. The van der Waals surface area contributed by atoms with Gasteiger partial charge in [-0.2, -0.15) is 0 Å². The molecule has 1 atom stereocenters. The van der Waals surface area contributed by atoms with Crippen LogP contribution in [0.15, 0.2) is 66.7 Å². The number of carbonyl (C=O) groups is 3. The molecule has 0 unspecified atom stereocenters. The summed E-state index contributed by atoms with van der Waals surface area (Å²) in [5.74, 6) is -1.24. The highest BCUT2D eigenvalue weighted by molar-refractivity contribution is 5.85. The van der Waals surface area contributed by atoms with Gasteiger partial charge in [-0.15, -0.1) is 0 Å². The van der Waals surface area contributed by atoms with Gasteiger partial charge in [0.05, 0.1) is 0 Å². The van der Waals surface area contributed by atoms with Gasteiger partial charge in [0, 0.05) is 5.69 Å². The number of aliphatic carboxylic acids is 1. The topological polar surface area (TPSA) is 114 Å². The highest BCUT2D eigenvalue weighted by Gasteiger charge is 2.25. The van der Waals surface area contributed by atoms with Crippen LogP contribution in [-0.2, 0) is 27.3 Å². The van der Waals surface area contributed by atoms with Crippen molar-refractivity contribution >= 4 is 23.8 Å². The maximum absolute atomic E-state index is 12.5. The van der Waals surface area contributed by atoms with Crippen molar-refractivity contribution in [1.29, 1.82) is 0 Å². The van der Waals surface area contributed by atoms with Gasteiger partial charge in [-0.3, -0.25) is 5.32 Å². The first kappa shape index (κ1) is 24.8. The molecule has 4 rings (SSSR count). The first-order valence-electron chi connectivity index (χ1n) is 11.6. The number of ether oxygens (including phenoxy) is 2. The van der Waals surface area contributed by atoms with E-state index in [9.17, 15) is 19.5 Å². The third-order valence-corrected chi connectivity index (χ3v) is 5.71. The second kappa shape index (κ2) is 10.1. The monoisotopic (exact) mass is 488 g/mol. The number of benzene rings is 3. The number of anilines is 1. The largest absolute Gasteiger partial charge is 0.479 e. The molecular weight excluding hydrogens is 460 g/mol. The molecule has 186 valence electrons. The average molecular weight is 489 g/mol. The van der Waals surface area contributed by atoms with Gasteiger partial charge < -0.3 is 19.9 Å². The zero-order valence-corrected chi connectivity index (χ0v) is 20.3. The molecule has 8 nitrogen and oxygen atoms in total. The Morgan fingerprint density at radius 2 is 1.61 bits per heavy atom. The minimum atomic E-state index is -1.32. The summed E-state index contributed by atoms with van der Waals surface area (Å²) >= 11 is 0. The molecule has 2 amide bonds. The number of carbonyl (C=O) groups excluding carboxylic acids is 2. The van der Waals surface area contributed by atoms with Gasteiger partial charge in [0.1, 0.15) is 12.2 Å². The average Bonchev–Trinajstić information content (AvgIpc) is 3.20. The molecule has 8 heteroatoms. The zero-order valence-electron chi connectivity index (χ0n) is 20.3. The standard InChI is InChI=1S/C28H28N2O6/c1-28(2,3)36-27(34)29-20-13-11-17(12-14-20)24(25(31)32)30-26(33)35-16-19-8-6-10-22-21-9-5-4-7-18(21)15-23(19)22/h4-14,24H,15-16H2,1-3H3,(H,29,34)(H,30,33)(H,31,32)/t24-/m1/s1. The van der Waals surface area contributed by atoms with Crippen molar-refractivity contribution < 1.29 is 29.0 Å². The van der Waals surface area contributed by atoms with Crippen molar-refractivity contribution in [3.63, 3.8) is 0 Å². The van der Waals surface area contributed by atoms with Gasteiger partial charge in [0.2, 0.25) is 0 Å². The van der Waals surface area contributed by atoms with E-state index in [0.29, 0.717) is 11.3 Å². The van der Waals surface area contributed by atoms with Crippen molar-refractivity contribution in [1.82, 2.24) is 5.32 Å². The molecule has 0 bridgehead atoms. The summed E-state index contributed by atoms with van der Waals surface area (Å²) in [5.41, 5.74) is 5.61. The minimum absolute atomic E-state index is 0.0219. The molecule has 0 radical (unpaired) electrons. The third kappa shape index (κ3) is 5.83. The van der Waals surface area contributed by atoms with Crippen LogP contribution in [0.2, 0.25) is 0 Å². The van der Waals surface area contributed by atoms with Gasteiger partial charge in [-0.25, -0.2) is 14.4 Å². The molecule has 1 aliphatic rings. The van der Waals surface area contributed by atoms with E-state index in [0.717, 1.165) is 23.1 Å². The van der Waals surface area contributed by atoms with E-state index in [1.165, 1.54) is 35.4 Å². The molecule has 0 saturated carbocycles. The van der Waals surface area contributed by atoms with Crippen molar-refractivity contribution in [2.75, 3.05) is 5.32 Å². The number of fused-ring (bicyclic) bond motifs is 3. The maximum Gasteiger partial charge on any atom is 0.412 e.